The molecule has 0 radical (unpaired) electrons. The molecule has 3 rings (SSSR count). The Hall–Kier alpha value is -2.06. The number of aromatic amines is 1. The summed E-state index contributed by atoms with van der Waals surface area (Å²) in [7, 11) is -5.03. The first-order chi connectivity index (χ1) is 11.6. The van der Waals surface area contributed by atoms with Gasteiger partial charge in [-0.15, -0.1) is 4.73 Å². The second kappa shape index (κ2) is 6.03. The Labute approximate surface area is 138 Å². The van der Waals surface area contributed by atoms with Crippen LogP contribution in [0, 0.1) is 0 Å². The minimum Gasteiger partial charge on any atom is -0.394 e. The van der Waals surface area contributed by atoms with Gasteiger partial charge in [0.15, 0.2) is 5.52 Å². The molecule has 0 aromatic carbocycles. The van der Waals surface area contributed by atoms with E-state index in [1.165, 1.54) is 0 Å². The molecule has 0 spiro atoms. The zero-order valence-corrected chi connectivity index (χ0v) is 13.2. The Morgan fingerprint density at radius 2 is 2.32 bits per heavy atom. The van der Waals surface area contributed by atoms with Crippen LogP contribution in [0.15, 0.2) is 11.1 Å². The third kappa shape index (κ3) is 3.50. The molecule has 1 aliphatic heterocycles. The second-order valence-corrected chi connectivity index (χ2v) is 6.44. The van der Waals surface area contributed by atoms with Crippen LogP contribution in [0.25, 0.3) is 11.2 Å². The van der Waals surface area contributed by atoms with E-state index in [0.717, 1.165) is 6.33 Å². The van der Waals surface area contributed by atoms with Crippen molar-refractivity contribution in [1.29, 1.82) is 0 Å². The third-order valence-corrected chi connectivity index (χ3v) is 4.15. The summed E-state index contributed by atoms with van der Waals surface area (Å²) in [6, 6.07) is 0. The Balaban J connectivity index is 1.83. The van der Waals surface area contributed by atoms with Gasteiger partial charge in [0, 0.05) is 0 Å². The summed E-state index contributed by atoms with van der Waals surface area (Å²) in [5.41, 5.74) is 4.18. The minimum atomic E-state index is -5.03. The smallest absolute Gasteiger partial charge is 0.394 e. The van der Waals surface area contributed by atoms with Crippen LogP contribution in [0.4, 0.5) is 5.95 Å². The van der Waals surface area contributed by atoms with Crippen molar-refractivity contribution in [1.82, 2.24) is 19.7 Å². The average Bonchev–Trinajstić information content (AvgIpc) is 2.98. The van der Waals surface area contributed by atoms with Crippen LogP contribution < -0.4 is 15.9 Å². The molecule has 7 N–H and O–H groups in total. The third-order valence-electron chi connectivity index (χ3n) is 3.26. The Morgan fingerprint density at radius 1 is 1.60 bits per heavy atom. The first kappa shape index (κ1) is 17.8. The summed E-state index contributed by atoms with van der Waals surface area (Å²) >= 11 is 0. The number of nitrogens with one attached hydrogen (secondary N) is 1. The van der Waals surface area contributed by atoms with Crippen molar-refractivity contribution in [2.45, 2.75) is 24.6 Å². The summed E-state index contributed by atoms with van der Waals surface area (Å²) in [6.45, 7) is -0.651. The summed E-state index contributed by atoms with van der Waals surface area (Å²) in [5, 5.41) is 28.5. The highest BCUT2D eigenvalue weighted by Crippen LogP contribution is 2.47. The number of hydrogen-bond acceptors (Lipinski definition) is 11. The Morgan fingerprint density at radius 3 is 2.96 bits per heavy atom. The van der Waals surface area contributed by atoms with E-state index in [2.05, 4.69) is 24.1 Å². The first-order valence-corrected chi connectivity index (χ1v) is 8.27. The fourth-order valence-electron chi connectivity index (χ4n) is 2.25. The summed E-state index contributed by atoms with van der Waals surface area (Å²) in [4.78, 5) is 31.0. The van der Waals surface area contributed by atoms with Gasteiger partial charge in [-0.05, 0) is 0 Å². The summed E-state index contributed by atoms with van der Waals surface area (Å²) in [5.74, 6) is -2.96. The molecule has 138 valence electrons. The molecule has 0 bridgehead atoms. The van der Waals surface area contributed by atoms with Crippen molar-refractivity contribution in [3.63, 3.8) is 0 Å². The Kier molecular flexibility index (Phi) is 4.28. The van der Waals surface area contributed by atoms with Gasteiger partial charge in [0.1, 0.15) is 12.4 Å². The van der Waals surface area contributed by atoms with Crippen LogP contribution in [-0.4, -0.2) is 64.7 Å². The zero-order chi connectivity index (χ0) is 18.4. The lowest BCUT2D eigenvalue weighted by molar-refractivity contribution is -0.316. The number of rotatable bonds is 5. The minimum absolute atomic E-state index is 0.221. The van der Waals surface area contributed by atoms with Gasteiger partial charge in [0.2, 0.25) is 11.6 Å². The van der Waals surface area contributed by atoms with Gasteiger partial charge in [-0.3, -0.25) is 14.7 Å². The molecular weight excluding hydrogens is 365 g/mol. The maximum absolute atomic E-state index is 12.1. The molecule has 14 nitrogen and oxygen atoms in total. The molecule has 2 aromatic rings. The van der Waals surface area contributed by atoms with Crippen LogP contribution in [0.3, 0.4) is 0 Å². The van der Waals surface area contributed by atoms with Gasteiger partial charge in [-0.1, -0.05) is 0 Å². The predicted molar refractivity (Wildman–Crippen MR) is 77.6 cm³/mol. The SMILES string of the molecule is Nc1nc2c(ncn2OP(=O)(O)O[C@]2(O)C[C@H](O)[C@@H](CO)O2)c(=O)[nH]1. The van der Waals surface area contributed by atoms with Crippen LogP contribution in [-0.2, 0) is 13.8 Å². The molecule has 4 atom stereocenters. The number of anilines is 1. The molecule has 0 aliphatic carbocycles. The molecule has 0 saturated carbocycles. The number of H-pyrrole nitrogens is 1. The Bertz CT molecular complexity index is 899. The van der Waals surface area contributed by atoms with E-state index in [4.69, 9.17) is 15.6 Å². The topological polar surface area (TPSA) is 215 Å². The lowest BCUT2D eigenvalue weighted by Gasteiger charge is -2.24. The maximum Gasteiger partial charge on any atom is 0.551 e. The highest BCUT2D eigenvalue weighted by molar-refractivity contribution is 7.47. The number of fused-ring (bicyclic) bond motifs is 1. The van der Waals surface area contributed by atoms with Crippen molar-refractivity contribution in [2.75, 3.05) is 12.3 Å². The van der Waals surface area contributed by atoms with Crippen LogP contribution >= 0.6 is 7.82 Å². The first-order valence-electron chi connectivity index (χ1n) is 6.78. The van der Waals surface area contributed by atoms with E-state index in [1.54, 1.807) is 0 Å². The average molecular weight is 379 g/mol. The van der Waals surface area contributed by atoms with E-state index < -0.39 is 44.6 Å². The van der Waals surface area contributed by atoms with Crippen molar-refractivity contribution in [3.8, 4) is 0 Å². The van der Waals surface area contributed by atoms with Gasteiger partial charge in [0.05, 0.1) is 19.1 Å². The van der Waals surface area contributed by atoms with Crippen LogP contribution in [0.1, 0.15) is 6.42 Å². The number of ether oxygens (including phenoxy) is 1. The number of nitrogens with zero attached hydrogens (tertiary/aromatic N) is 3. The van der Waals surface area contributed by atoms with Crippen LogP contribution in [0.5, 0.6) is 0 Å². The molecule has 1 unspecified atom stereocenters. The summed E-state index contributed by atoms with van der Waals surface area (Å²) in [6.07, 6.45) is -2.28. The predicted octanol–water partition coefficient (Wildman–Crippen LogP) is -2.96. The number of hydrogen-bond donors (Lipinski definition) is 6. The van der Waals surface area contributed by atoms with Crippen molar-refractivity contribution >= 4 is 24.9 Å². The number of nitrogen functional groups attached to an aromatic ring is 1. The lowest BCUT2D eigenvalue weighted by atomic mass is 10.2. The number of nitrogens with two attached hydrogens (primary N) is 1. The molecule has 25 heavy (non-hydrogen) atoms. The molecule has 1 aliphatic rings. The number of imidazole rings is 1. The molecule has 2 aromatic heterocycles. The maximum atomic E-state index is 12.1. The number of aliphatic hydroxyl groups is 3. The second-order valence-electron chi connectivity index (χ2n) is 5.16. The number of phosphoric ester groups is 1. The number of phosphoric acid groups is 1. The van der Waals surface area contributed by atoms with E-state index in [0.29, 0.717) is 4.73 Å². The van der Waals surface area contributed by atoms with Crippen molar-refractivity contribution in [2.24, 2.45) is 0 Å². The number of aliphatic hydroxyl groups excluding tert-OH is 2. The largest absolute Gasteiger partial charge is 0.551 e. The van der Waals surface area contributed by atoms with E-state index in [-0.39, 0.29) is 17.1 Å². The highest BCUT2D eigenvalue weighted by Gasteiger charge is 2.51. The van der Waals surface area contributed by atoms with Crippen molar-refractivity contribution < 1.29 is 38.7 Å². The zero-order valence-electron chi connectivity index (χ0n) is 12.3. The van der Waals surface area contributed by atoms with Gasteiger partial charge in [0.25, 0.3) is 11.5 Å². The van der Waals surface area contributed by atoms with E-state index >= 15 is 0 Å². The monoisotopic (exact) mass is 379 g/mol. The fourth-order valence-corrected chi connectivity index (χ4v) is 3.10. The molecule has 1 saturated heterocycles. The molecule has 15 heteroatoms. The molecule has 0 amide bonds. The van der Waals surface area contributed by atoms with E-state index in [9.17, 15) is 24.5 Å². The molecule has 3 heterocycles. The van der Waals surface area contributed by atoms with E-state index in [1.807, 2.05) is 0 Å². The quantitative estimate of drug-likeness (QED) is 0.227. The molecule has 1 fully saturated rings. The van der Waals surface area contributed by atoms with Crippen LogP contribution in [0.2, 0.25) is 0 Å². The standard InChI is InChI=1S/C10H14N5O9P/c11-9-13-7-6(8(18)14-9)12-3-15(7)24-25(20,21)23-10(19)1-4(17)5(2-16)22-10/h3-5,16-17,19H,1-2H2,(H,20,21)(H3,11,13,14,18)/t4-,5+,10-/m0/s1. The summed E-state index contributed by atoms with van der Waals surface area (Å²) < 4.78 is 26.7. The van der Waals surface area contributed by atoms with Gasteiger partial charge in [-0.25, -0.2) is 14.1 Å². The number of aromatic nitrogens is 4. The molecular formula is C10H14N5O9P. The highest BCUT2D eigenvalue weighted by atomic mass is 31.2. The van der Waals surface area contributed by atoms with Gasteiger partial charge < -0.3 is 30.4 Å². The lowest BCUT2D eigenvalue weighted by Crippen LogP contribution is -2.33. The van der Waals surface area contributed by atoms with Gasteiger partial charge >= 0.3 is 7.82 Å². The normalized spacial score (nSPS) is 29.0. The van der Waals surface area contributed by atoms with Gasteiger partial charge in [-0.2, -0.15) is 4.98 Å². The fraction of sp³-hybridized carbons (Fsp3) is 0.500. The van der Waals surface area contributed by atoms with Crippen molar-refractivity contribution in [3.05, 3.63) is 16.7 Å².